The van der Waals surface area contributed by atoms with Gasteiger partial charge in [0.15, 0.2) is 5.03 Å². The zero-order chi connectivity index (χ0) is 23.5. The Hall–Kier alpha value is -2.79. The van der Waals surface area contributed by atoms with E-state index in [9.17, 15) is 17.6 Å². The first-order valence-corrected chi connectivity index (χ1v) is 11.9. The minimum absolute atomic E-state index is 0.0915. The molecule has 9 nitrogen and oxygen atoms in total. The number of hydrogen-bond donors (Lipinski definition) is 2. The van der Waals surface area contributed by atoms with Crippen molar-refractivity contribution in [2.45, 2.75) is 44.6 Å². The molecular weight excluding hydrogens is 437 g/mol. The zero-order valence-electron chi connectivity index (χ0n) is 18.6. The Morgan fingerprint density at radius 3 is 2.25 bits per heavy atom. The van der Waals surface area contributed by atoms with Gasteiger partial charge >= 0.3 is 6.03 Å². The first-order chi connectivity index (χ1) is 15.1. The molecule has 0 bridgehead atoms. The van der Waals surface area contributed by atoms with Crippen LogP contribution in [0.3, 0.4) is 0 Å². The third-order valence-corrected chi connectivity index (χ3v) is 6.29. The maximum Gasteiger partial charge on any atom is 0.333 e. The summed E-state index contributed by atoms with van der Waals surface area (Å²) in [6.45, 7) is 9.60. The van der Waals surface area contributed by atoms with E-state index in [2.05, 4.69) is 15.3 Å². The Bertz CT molecular complexity index is 1060. The number of rotatable bonds is 6. The van der Waals surface area contributed by atoms with E-state index in [4.69, 9.17) is 4.74 Å². The third kappa shape index (κ3) is 5.52. The molecule has 0 unspecified atom stereocenters. The van der Waals surface area contributed by atoms with Gasteiger partial charge in [0.05, 0.1) is 25.6 Å². The lowest BCUT2D eigenvalue weighted by Crippen LogP contribution is -2.38. The third-order valence-electron chi connectivity index (χ3n) is 5.08. The second-order valence-electron chi connectivity index (χ2n) is 8.14. The predicted molar refractivity (Wildman–Crippen MR) is 119 cm³/mol. The Labute approximate surface area is 187 Å². The lowest BCUT2D eigenvalue weighted by molar-refractivity contribution is 0.122. The van der Waals surface area contributed by atoms with Gasteiger partial charge in [0, 0.05) is 18.8 Å². The summed E-state index contributed by atoms with van der Waals surface area (Å²) in [5.41, 5.74) is 1.56. The van der Waals surface area contributed by atoms with E-state index in [1.165, 1.54) is 18.3 Å². The average Bonchev–Trinajstić information content (AvgIpc) is 2.74. The Morgan fingerprint density at radius 1 is 1.09 bits per heavy atom. The average molecular weight is 466 g/mol. The highest BCUT2D eigenvalue weighted by Crippen LogP contribution is 2.33. The summed E-state index contributed by atoms with van der Waals surface area (Å²) >= 11 is 0. The van der Waals surface area contributed by atoms with Gasteiger partial charge in [-0.1, -0.05) is 27.7 Å². The molecule has 3 rings (SSSR count). The highest BCUT2D eigenvalue weighted by Gasteiger charge is 2.24. The molecule has 0 radical (unpaired) electrons. The summed E-state index contributed by atoms with van der Waals surface area (Å²) in [6.07, 6.45) is 2.54. The molecule has 11 heteroatoms. The molecule has 2 aromatic rings. The standard InChI is InChI=1S/C21H28FN5O4S/c1-13(2)16-9-15(22)10-17(14(3)4)20(16)25-21(28)26-32(29,30)19-12-23-11-18(24-19)27-5-7-31-8-6-27/h9-14H,5-8H2,1-4H3,(H2,25,26,28). The highest BCUT2D eigenvalue weighted by atomic mass is 32.2. The molecule has 2 heterocycles. The predicted octanol–water partition coefficient (Wildman–Crippen LogP) is 3.21. The smallest absolute Gasteiger partial charge is 0.333 e. The molecule has 1 saturated heterocycles. The van der Waals surface area contributed by atoms with E-state index in [1.807, 2.05) is 37.3 Å². The fourth-order valence-electron chi connectivity index (χ4n) is 3.43. The molecule has 174 valence electrons. The fourth-order valence-corrected chi connectivity index (χ4v) is 4.24. The minimum Gasteiger partial charge on any atom is -0.378 e. The van der Waals surface area contributed by atoms with E-state index in [0.717, 1.165) is 6.20 Å². The van der Waals surface area contributed by atoms with Gasteiger partial charge < -0.3 is 15.0 Å². The van der Waals surface area contributed by atoms with E-state index in [-0.39, 0.29) is 16.9 Å². The van der Waals surface area contributed by atoms with Gasteiger partial charge in [0.1, 0.15) is 11.6 Å². The number of carbonyl (C=O) groups is 1. The van der Waals surface area contributed by atoms with Gasteiger partial charge in [-0.05, 0) is 35.1 Å². The number of anilines is 2. The lowest BCUT2D eigenvalue weighted by atomic mass is 9.92. The molecule has 1 aromatic carbocycles. The van der Waals surface area contributed by atoms with Gasteiger partial charge in [0.2, 0.25) is 0 Å². The largest absolute Gasteiger partial charge is 0.378 e. The van der Waals surface area contributed by atoms with Crippen LogP contribution < -0.4 is 14.9 Å². The number of aromatic nitrogens is 2. The van der Waals surface area contributed by atoms with Crippen molar-refractivity contribution in [3.05, 3.63) is 41.5 Å². The molecule has 1 aromatic heterocycles. The second kappa shape index (κ2) is 9.78. The van der Waals surface area contributed by atoms with Gasteiger partial charge in [-0.15, -0.1) is 0 Å². The van der Waals surface area contributed by atoms with Crippen molar-refractivity contribution in [1.29, 1.82) is 0 Å². The monoisotopic (exact) mass is 465 g/mol. The van der Waals surface area contributed by atoms with Crippen molar-refractivity contribution in [3.8, 4) is 0 Å². The summed E-state index contributed by atoms with van der Waals surface area (Å²) in [5, 5.41) is 2.23. The fraction of sp³-hybridized carbons (Fsp3) is 0.476. The van der Waals surface area contributed by atoms with E-state index >= 15 is 0 Å². The molecule has 1 aliphatic rings. The van der Waals surface area contributed by atoms with E-state index in [0.29, 0.717) is 48.9 Å². The summed E-state index contributed by atoms with van der Waals surface area (Å²) in [5.74, 6) is -0.206. The Balaban J connectivity index is 1.83. The highest BCUT2D eigenvalue weighted by molar-refractivity contribution is 7.90. The molecule has 1 fully saturated rings. The number of sulfonamides is 1. The van der Waals surface area contributed by atoms with Gasteiger partial charge in [-0.2, -0.15) is 8.42 Å². The number of urea groups is 1. The molecule has 2 N–H and O–H groups in total. The minimum atomic E-state index is -4.28. The van der Waals surface area contributed by atoms with Crippen LogP contribution in [-0.4, -0.2) is 50.7 Å². The van der Waals surface area contributed by atoms with Crippen molar-refractivity contribution in [2.75, 3.05) is 36.5 Å². The Kier molecular flexibility index (Phi) is 7.29. The summed E-state index contributed by atoms with van der Waals surface area (Å²) < 4.78 is 46.9. The van der Waals surface area contributed by atoms with E-state index in [1.54, 1.807) is 0 Å². The maximum absolute atomic E-state index is 14.1. The molecule has 0 aliphatic carbocycles. The quantitative estimate of drug-likeness (QED) is 0.673. The van der Waals surface area contributed by atoms with Crippen LogP contribution in [0.25, 0.3) is 0 Å². The van der Waals surface area contributed by atoms with Gasteiger partial charge in [-0.25, -0.2) is 18.9 Å². The normalized spacial score (nSPS) is 14.7. The van der Waals surface area contributed by atoms with Crippen LogP contribution in [0.4, 0.5) is 20.7 Å². The van der Waals surface area contributed by atoms with Crippen molar-refractivity contribution in [3.63, 3.8) is 0 Å². The van der Waals surface area contributed by atoms with Gasteiger partial charge in [0.25, 0.3) is 10.0 Å². The summed E-state index contributed by atoms with van der Waals surface area (Å²) in [6, 6.07) is 1.73. The van der Waals surface area contributed by atoms with Gasteiger partial charge in [-0.3, -0.25) is 4.98 Å². The summed E-state index contributed by atoms with van der Waals surface area (Å²) in [7, 11) is -4.28. The molecule has 1 aliphatic heterocycles. The van der Waals surface area contributed by atoms with Crippen molar-refractivity contribution < 1.29 is 22.3 Å². The molecular formula is C21H28FN5O4S. The van der Waals surface area contributed by atoms with Crippen LogP contribution in [0.15, 0.2) is 29.6 Å². The number of benzene rings is 1. The van der Waals surface area contributed by atoms with Crippen LogP contribution in [-0.2, 0) is 14.8 Å². The number of nitrogens with one attached hydrogen (secondary N) is 2. The zero-order valence-corrected chi connectivity index (χ0v) is 19.4. The maximum atomic E-state index is 14.1. The van der Waals surface area contributed by atoms with Crippen molar-refractivity contribution >= 4 is 27.6 Å². The second-order valence-corrected chi connectivity index (χ2v) is 9.77. The van der Waals surface area contributed by atoms with Crippen molar-refractivity contribution in [1.82, 2.24) is 14.7 Å². The number of carbonyl (C=O) groups excluding carboxylic acids is 1. The molecule has 2 amide bonds. The van der Waals surface area contributed by atoms with Crippen LogP contribution in [0.5, 0.6) is 0 Å². The molecule has 0 atom stereocenters. The number of morpholine rings is 1. The van der Waals surface area contributed by atoms with Crippen LogP contribution in [0, 0.1) is 5.82 Å². The van der Waals surface area contributed by atoms with E-state index < -0.39 is 21.9 Å². The summed E-state index contributed by atoms with van der Waals surface area (Å²) in [4.78, 5) is 22.6. The lowest BCUT2D eigenvalue weighted by Gasteiger charge is -2.27. The molecule has 0 saturated carbocycles. The SMILES string of the molecule is CC(C)c1cc(F)cc(C(C)C)c1NC(=O)NS(=O)(=O)c1cncc(N2CCOCC2)n1. The van der Waals surface area contributed by atoms with Crippen LogP contribution in [0.2, 0.25) is 0 Å². The number of hydrogen-bond acceptors (Lipinski definition) is 7. The van der Waals surface area contributed by atoms with Crippen LogP contribution in [0.1, 0.15) is 50.7 Å². The Morgan fingerprint density at radius 2 is 1.69 bits per heavy atom. The van der Waals surface area contributed by atoms with Crippen LogP contribution >= 0.6 is 0 Å². The van der Waals surface area contributed by atoms with Crippen molar-refractivity contribution in [2.24, 2.45) is 0 Å². The number of amides is 2. The number of halogens is 1. The number of nitrogens with zero attached hydrogens (tertiary/aromatic N) is 3. The first kappa shape index (κ1) is 23.9. The molecule has 32 heavy (non-hydrogen) atoms. The first-order valence-electron chi connectivity index (χ1n) is 10.4. The molecule has 0 spiro atoms. The number of ether oxygens (including phenoxy) is 1. The topological polar surface area (TPSA) is 114 Å².